The van der Waals surface area contributed by atoms with E-state index in [1.165, 1.54) is 32.4 Å². The average Bonchev–Trinajstić information content (AvgIpc) is 2.36. The van der Waals surface area contributed by atoms with Gasteiger partial charge in [0.15, 0.2) is 0 Å². The molecular formula is C16H33N3. The van der Waals surface area contributed by atoms with Crippen molar-refractivity contribution in [1.82, 2.24) is 9.80 Å². The Morgan fingerprint density at radius 1 is 1.16 bits per heavy atom. The van der Waals surface area contributed by atoms with Gasteiger partial charge in [-0.25, -0.2) is 0 Å². The molecule has 3 nitrogen and oxygen atoms in total. The van der Waals surface area contributed by atoms with Crippen molar-refractivity contribution in [2.24, 2.45) is 17.6 Å². The Kier molecular flexibility index (Phi) is 4.29. The van der Waals surface area contributed by atoms with Gasteiger partial charge in [-0.05, 0) is 52.0 Å². The van der Waals surface area contributed by atoms with Crippen molar-refractivity contribution in [3.05, 3.63) is 0 Å². The normalized spacial score (nSPS) is 41.4. The highest BCUT2D eigenvalue weighted by atomic mass is 15.3. The van der Waals surface area contributed by atoms with Gasteiger partial charge >= 0.3 is 0 Å². The van der Waals surface area contributed by atoms with Crippen LogP contribution in [0.5, 0.6) is 0 Å². The third-order valence-electron chi connectivity index (χ3n) is 6.11. The summed E-state index contributed by atoms with van der Waals surface area (Å²) in [5.41, 5.74) is 6.78. The monoisotopic (exact) mass is 267 g/mol. The molecule has 0 aromatic rings. The molecule has 112 valence electrons. The maximum Gasteiger partial charge on any atom is 0.0335 e. The van der Waals surface area contributed by atoms with E-state index in [1.54, 1.807) is 0 Å². The van der Waals surface area contributed by atoms with E-state index in [0.29, 0.717) is 0 Å². The first-order valence-corrected chi connectivity index (χ1v) is 7.97. The summed E-state index contributed by atoms with van der Waals surface area (Å²) < 4.78 is 0. The quantitative estimate of drug-likeness (QED) is 0.832. The third kappa shape index (κ3) is 2.84. The lowest BCUT2D eigenvalue weighted by atomic mass is 9.70. The Balaban J connectivity index is 2.14. The summed E-state index contributed by atoms with van der Waals surface area (Å²) in [5, 5.41) is 0. The summed E-state index contributed by atoms with van der Waals surface area (Å²) in [6.07, 6.45) is 3.91. The predicted octanol–water partition coefficient (Wildman–Crippen LogP) is 2.17. The molecule has 2 N–H and O–H groups in total. The Bertz CT molecular complexity index is 315. The van der Waals surface area contributed by atoms with Gasteiger partial charge in [0.1, 0.15) is 0 Å². The molecule has 2 aliphatic rings. The van der Waals surface area contributed by atoms with Gasteiger partial charge in [-0.1, -0.05) is 13.8 Å². The summed E-state index contributed by atoms with van der Waals surface area (Å²) >= 11 is 0. The Morgan fingerprint density at radius 3 is 2.37 bits per heavy atom. The molecule has 2 rings (SSSR count). The highest BCUT2D eigenvalue weighted by Gasteiger charge is 2.45. The molecule has 0 radical (unpaired) electrons. The summed E-state index contributed by atoms with van der Waals surface area (Å²) in [4.78, 5) is 5.21. The molecule has 1 aliphatic carbocycles. The predicted molar refractivity (Wildman–Crippen MR) is 82.2 cm³/mol. The first-order chi connectivity index (χ1) is 8.81. The minimum absolute atomic E-state index is 0.268. The number of rotatable bonds is 2. The number of hydrogen-bond donors (Lipinski definition) is 1. The maximum absolute atomic E-state index is 6.24. The van der Waals surface area contributed by atoms with Crippen LogP contribution in [0.15, 0.2) is 0 Å². The zero-order chi connectivity index (χ0) is 14.3. The SMILES string of the molecule is CC1CCC(CN)(N2CCN(C)C(C)(C)C2)CC1C. The Hall–Kier alpha value is -0.120. The number of hydrogen-bond acceptors (Lipinski definition) is 3. The largest absolute Gasteiger partial charge is 0.329 e. The van der Waals surface area contributed by atoms with Gasteiger partial charge in [-0.15, -0.1) is 0 Å². The standard InChI is InChI=1S/C16H33N3/c1-13-6-7-16(11-17,10-14(13)2)19-9-8-18(5)15(3,4)12-19/h13-14H,6-12,17H2,1-5H3. The summed E-state index contributed by atoms with van der Waals surface area (Å²) in [5.74, 6) is 1.67. The molecule has 0 aromatic heterocycles. The second-order valence-corrected chi connectivity index (χ2v) is 7.78. The van der Waals surface area contributed by atoms with Crippen LogP contribution in [0.3, 0.4) is 0 Å². The lowest BCUT2D eigenvalue weighted by Crippen LogP contribution is -2.67. The molecule has 0 amide bonds. The lowest BCUT2D eigenvalue weighted by Gasteiger charge is -2.55. The van der Waals surface area contributed by atoms with Crippen LogP contribution < -0.4 is 5.73 Å². The average molecular weight is 267 g/mol. The molecule has 1 saturated heterocycles. The van der Waals surface area contributed by atoms with Crippen LogP contribution in [0.1, 0.15) is 47.0 Å². The molecule has 3 atom stereocenters. The van der Waals surface area contributed by atoms with Gasteiger partial charge in [0, 0.05) is 37.3 Å². The maximum atomic E-state index is 6.24. The van der Waals surface area contributed by atoms with Crippen molar-refractivity contribution in [2.75, 3.05) is 33.2 Å². The van der Waals surface area contributed by atoms with Crippen LogP contribution in [-0.2, 0) is 0 Å². The number of likely N-dealkylation sites (N-methyl/N-ethyl adjacent to an activating group) is 1. The van der Waals surface area contributed by atoms with Crippen molar-refractivity contribution < 1.29 is 0 Å². The first-order valence-electron chi connectivity index (χ1n) is 7.97. The fourth-order valence-corrected chi connectivity index (χ4v) is 3.93. The number of piperazine rings is 1. The Morgan fingerprint density at radius 2 is 1.84 bits per heavy atom. The minimum atomic E-state index is 0.268. The van der Waals surface area contributed by atoms with Crippen molar-refractivity contribution in [3.8, 4) is 0 Å². The van der Waals surface area contributed by atoms with Gasteiger partial charge in [0.05, 0.1) is 0 Å². The van der Waals surface area contributed by atoms with Crippen LogP contribution >= 0.6 is 0 Å². The molecule has 2 fully saturated rings. The van der Waals surface area contributed by atoms with E-state index in [2.05, 4.69) is 44.5 Å². The van der Waals surface area contributed by atoms with Crippen LogP contribution in [0.2, 0.25) is 0 Å². The molecule has 3 unspecified atom stereocenters. The highest BCUT2D eigenvalue weighted by molar-refractivity contribution is 5.02. The van der Waals surface area contributed by atoms with E-state index in [-0.39, 0.29) is 11.1 Å². The minimum Gasteiger partial charge on any atom is -0.329 e. The smallest absolute Gasteiger partial charge is 0.0335 e. The molecule has 0 aromatic carbocycles. The second kappa shape index (κ2) is 5.34. The topological polar surface area (TPSA) is 32.5 Å². The van der Waals surface area contributed by atoms with E-state index in [0.717, 1.165) is 24.9 Å². The summed E-state index contributed by atoms with van der Waals surface area (Å²) in [7, 11) is 2.25. The number of nitrogens with two attached hydrogens (primary N) is 1. The summed E-state index contributed by atoms with van der Waals surface area (Å²) in [6, 6.07) is 0. The highest BCUT2D eigenvalue weighted by Crippen LogP contribution is 2.41. The first kappa shape index (κ1) is 15.3. The van der Waals surface area contributed by atoms with Gasteiger partial charge in [0.25, 0.3) is 0 Å². The molecule has 0 spiro atoms. The third-order valence-corrected chi connectivity index (χ3v) is 6.11. The fourth-order valence-electron chi connectivity index (χ4n) is 3.93. The molecule has 1 saturated carbocycles. The van der Waals surface area contributed by atoms with E-state index in [4.69, 9.17) is 5.73 Å². The van der Waals surface area contributed by atoms with Crippen molar-refractivity contribution in [3.63, 3.8) is 0 Å². The van der Waals surface area contributed by atoms with Crippen molar-refractivity contribution in [2.45, 2.75) is 58.0 Å². The number of nitrogens with zero attached hydrogens (tertiary/aromatic N) is 2. The van der Waals surface area contributed by atoms with Gasteiger partial charge < -0.3 is 5.73 Å². The lowest BCUT2D eigenvalue weighted by molar-refractivity contribution is -0.0508. The van der Waals surface area contributed by atoms with E-state index < -0.39 is 0 Å². The fraction of sp³-hybridized carbons (Fsp3) is 1.00. The van der Waals surface area contributed by atoms with Crippen LogP contribution in [0.4, 0.5) is 0 Å². The van der Waals surface area contributed by atoms with Crippen LogP contribution in [-0.4, -0.2) is 54.1 Å². The van der Waals surface area contributed by atoms with Gasteiger partial charge in [0.2, 0.25) is 0 Å². The molecule has 3 heteroatoms. The molecule has 19 heavy (non-hydrogen) atoms. The molecule has 1 aliphatic heterocycles. The Labute approximate surface area is 119 Å². The van der Waals surface area contributed by atoms with Crippen molar-refractivity contribution >= 4 is 0 Å². The summed E-state index contributed by atoms with van der Waals surface area (Å²) in [6.45, 7) is 13.9. The van der Waals surface area contributed by atoms with Gasteiger partial charge in [-0.3, -0.25) is 9.80 Å². The van der Waals surface area contributed by atoms with E-state index in [9.17, 15) is 0 Å². The van der Waals surface area contributed by atoms with Crippen LogP contribution in [0, 0.1) is 11.8 Å². The van der Waals surface area contributed by atoms with Gasteiger partial charge in [-0.2, -0.15) is 0 Å². The molecule has 1 heterocycles. The molecular weight excluding hydrogens is 234 g/mol. The van der Waals surface area contributed by atoms with E-state index in [1.807, 2.05) is 0 Å². The second-order valence-electron chi connectivity index (χ2n) is 7.78. The van der Waals surface area contributed by atoms with Crippen molar-refractivity contribution in [1.29, 1.82) is 0 Å². The van der Waals surface area contributed by atoms with Crippen LogP contribution in [0.25, 0.3) is 0 Å². The van der Waals surface area contributed by atoms with E-state index >= 15 is 0 Å². The zero-order valence-electron chi connectivity index (χ0n) is 13.6. The zero-order valence-corrected chi connectivity index (χ0v) is 13.6. The molecule has 0 bridgehead atoms.